The van der Waals surface area contributed by atoms with Crippen molar-refractivity contribution in [3.05, 3.63) is 0 Å². The summed E-state index contributed by atoms with van der Waals surface area (Å²) in [5.41, 5.74) is 0. The number of nitrogens with zero attached hydrogens (tertiary/aromatic N) is 1. The lowest BCUT2D eigenvalue weighted by Gasteiger charge is -2.41. The summed E-state index contributed by atoms with van der Waals surface area (Å²) in [6.07, 6.45) is 9.74. The van der Waals surface area contributed by atoms with Gasteiger partial charge in [0, 0.05) is 38.9 Å². The van der Waals surface area contributed by atoms with E-state index >= 15 is 0 Å². The minimum Gasteiger partial charge on any atom is -0.385 e. The van der Waals surface area contributed by atoms with Gasteiger partial charge < -0.3 is 15.0 Å². The Labute approximate surface area is 112 Å². The van der Waals surface area contributed by atoms with Crippen molar-refractivity contribution in [1.29, 1.82) is 0 Å². The van der Waals surface area contributed by atoms with Gasteiger partial charge in [-0.1, -0.05) is 12.8 Å². The molecule has 2 fully saturated rings. The van der Waals surface area contributed by atoms with Crippen molar-refractivity contribution < 1.29 is 4.74 Å². The van der Waals surface area contributed by atoms with Crippen molar-refractivity contribution in [3.63, 3.8) is 0 Å². The van der Waals surface area contributed by atoms with Crippen molar-refractivity contribution in [2.45, 2.75) is 57.0 Å². The maximum atomic E-state index is 5.11. The molecule has 1 aliphatic heterocycles. The van der Waals surface area contributed by atoms with Crippen LogP contribution in [0.2, 0.25) is 0 Å². The molecule has 0 spiro atoms. The van der Waals surface area contributed by atoms with Gasteiger partial charge >= 0.3 is 0 Å². The molecule has 1 heterocycles. The molecule has 3 nitrogen and oxygen atoms in total. The molecule has 1 aliphatic carbocycles. The molecule has 1 saturated heterocycles. The standard InChI is InChI=1S/C15H30N2O/c1-17(10-5-11-18-2)12-14-9-8-13-6-3-4-7-15(13)16-14/h13-16H,3-12H2,1-2H3. The zero-order valence-corrected chi connectivity index (χ0v) is 12.2. The second-order valence-electron chi connectivity index (χ2n) is 6.20. The van der Waals surface area contributed by atoms with Crippen LogP contribution in [0.4, 0.5) is 0 Å². The fraction of sp³-hybridized carbons (Fsp3) is 1.00. The first kappa shape index (κ1) is 14.3. The van der Waals surface area contributed by atoms with Crippen LogP contribution in [-0.2, 0) is 4.74 Å². The molecule has 2 rings (SSSR count). The van der Waals surface area contributed by atoms with Gasteiger partial charge in [0.2, 0.25) is 0 Å². The van der Waals surface area contributed by atoms with Crippen LogP contribution in [0.3, 0.4) is 0 Å². The summed E-state index contributed by atoms with van der Waals surface area (Å²) >= 11 is 0. The number of fused-ring (bicyclic) bond motifs is 1. The number of likely N-dealkylation sites (N-methyl/N-ethyl adjacent to an activating group) is 1. The van der Waals surface area contributed by atoms with Gasteiger partial charge in [0.1, 0.15) is 0 Å². The lowest BCUT2D eigenvalue weighted by atomic mass is 9.78. The molecule has 0 aromatic carbocycles. The van der Waals surface area contributed by atoms with Gasteiger partial charge in [-0.25, -0.2) is 0 Å². The van der Waals surface area contributed by atoms with E-state index in [0.29, 0.717) is 0 Å². The zero-order valence-electron chi connectivity index (χ0n) is 12.2. The van der Waals surface area contributed by atoms with Crippen LogP contribution >= 0.6 is 0 Å². The molecule has 0 radical (unpaired) electrons. The number of hydrogen-bond acceptors (Lipinski definition) is 3. The van der Waals surface area contributed by atoms with Crippen LogP contribution in [0, 0.1) is 5.92 Å². The summed E-state index contributed by atoms with van der Waals surface area (Å²) in [5.74, 6) is 0.980. The molecule has 1 saturated carbocycles. The molecule has 3 atom stereocenters. The maximum Gasteiger partial charge on any atom is 0.0474 e. The maximum absolute atomic E-state index is 5.11. The monoisotopic (exact) mass is 254 g/mol. The van der Waals surface area contributed by atoms with E-state index < -0.39 is 0 Å². The molecular weight excluding hydrogens is 224 g/mol. The van der Waals surface area contributed by atoms with Crippen LogP contribution in [0.15, 0.2) is 0 Å². The molecule has 2 aliphatic rings. The Morgan fingerprint density at radius 3 is 2.83 bits per heavy atom. The largest absolute Gasteiger partial charge is 0.385 e. The molecular formula is C15H30N2O. The second kappa shape index (κ2) is 7.46. The fourth-order valence-electron chi connectivity index (χ4n) is 3.66. The Hall–Kier alpha value is -0.120. The molecule has 0 aromatic rings. The number of piperidine rings is 1. The molecule has 0 aromatic heterocycles. The summed E-state index contributed by atoms with van der Waals surface area (Å²) in [7, 11) is 4.02. The van der Waals surface area contributed by atoms with Gasteiger partial charge in [-0.15, -0.1) is 0 Å². The highest BCUT2D eigenvalue weighted by molar-refractivity contribution is 4.90. The number of methoxy groups -OCH3 is 1. The molecule has 0 amide bonds. The van der Waals surface area contributed by atoms with Gasteiger partial charge in [-0.2, -0.15) is 0 Å². The smallest absolute Gasteiger partial charge is 0.0474 e. The lowest BCUT2D eigenvalue weighted by molar-refractivity contribution is 0.143. The van der Waals surface area contributed by atoms with Crippen LogP contribution in [0.25, 0.3) is 0 Å². The van der Waals surface area contributed by atoms with E-state index in [1.54, 1.807) is 7.11 Å². The summed E-state index contributed by atoms with van der Waals surface area (Å²) < 4.78 is 5.11. The molecule has 18 heavy (non-hydrogen) atoms. The predicted octanol–water partition coefficient (Wildman–Crippen LogP) is 2.27. The van der Waals surface area contributed by atoms with Crippen LogP contribution in [0.1, 0.15) is 44.9 Å². The molecule has 1 N–H and O–H groups in total. The van der Waals surface area contributed by atoms with Crippen LogP contribution in [-0.4, -0.2) is 50.8 Å². The van der Waals surface area contributed by atoms with E-state index in [-0.39, 0.29) is 0 Å². The van der Waals surface area contributed by atoms with Crippen LogP contribution < -0.4 is 5.32 Å². The van der Waals surface area contributed by atoms with E-state index in [4.69, 9.17) is 4.74 Å². The third-order valence-electron chi connectivity index (χ3n) is 4.67. The SMILES string of the molecule is COCCCN(C)CC1CCC2CCCCC2N1. The topological polar surface area (TPSA) is 24.5 Å². The van der Waals surface area contributed by atoms with Gasteiger partial charge in [0.25, 0.3) is 0 Å². The highest BCUT2D eigenvalue weighted by atomic mass is 16.5. The Morgan fingerprint density at radius 1 is 1.17 bits per heavy atom. The first-order valence-corrected chi connectivity index (χ1v) is 7.73. The molecule has 0 bridgehead atoms. The fourth-order valence-corrected chi connectivity index (χ4v) is 3.66. The van der Waals surface area contributed by atoms with E-state index in [9.17, 15) is 0 Å². The Bertz CT molecular complexity index is 235. The minimum atomic E-state index is 0.719. The normalized spacial score (nSPS) is 32.5. The minimum absolute atomic E-state index is 0.719. The average molecular weight is 254 g/mol. The zero-order chi connectivity index (χ0) is 12.8. The molecule has 106 valence electrons. The third kappa shape index (κ3) is 4.22. The molecule has 3 heteroatoms. The van der Waals surface area contributed by atoms with E-state index in [1.165, 1.54) is 45.1 Å². The second-order valence-corrected chi connectivity index (χ2v) is 6.20. The highest BCUT2D eigenvalue weighted by Gasteiger charge is 2.31. The third-order valence-corrected chi connectivity index (χ3v) is 4.67. The number of ether oxygens (including phenoxy) is 1. The highest BCUT2D eigenvalue weighted by Crippen LogP contribution is 2.32. The first-order valence-electron chi connectivity index (χ1n) is 7.73. The summed E-state index contributed by atoms with van der Waals surface area (Å²) in [5, 5.41) is 3.90. The van der Waals surface area contributed by atoms with Crippen molar-refractivity contribution in [2.75, 3.05) is 33.9 Å². The van der Waals surface area contributed by atoms with E-state index in [2.05, 4.69) is 17.3 Å². The van der Waals surface area contributed by atoms with Gasteiger partial charge in [0.05, 0.1) is 0 Å². The van der Waals surface area contributed by atoms with Crippen molar-refractivity contribution in [2.24, 2.45) is 5.92 Å². The summed E-state index contributed by atoms with van der Waals surface area (Å²) in [4.78, 5) is 2.46. The Balaban J connectivity index is 1.67. The summed E-state index contributed by atoms with van der Waals surface area (Å²) in [6, 6.07) is 1.54. The average Bonchev–Trinajstić information content (AvgIpc) is 2.39. The van der Waals surface area contributed by atoms with E-state index in [1.807, 2.05) is 0 Å². The van der Waals surface area contributed by atoms with Gasteiger partial charge in [-0.05, 0) is 45.1 Å². The van der Waals surface area contributed by atoms with Gasteiger partial charge in [0.15, 0.2) is 0 Å². The van der Waals surface area contributed by atoms with Crippen molar-refractivity contribution >= 4 is 0 Å². The molecule has 3 unspecified atom stereocenters. The number of rotatable bonds is 6. The van der Waals surface area contributed by atoms with Crippen molar-refractivity contribution in [3.8, 4) is 0 Å². The Morgan fingerprint density at radius 2 is 2.00 bits per heavy atom. The van der Waals surface area contributed by atoms with Crippen LogP contribution in [0.5, 0.6) is 0 Å². The van der Waals surface area contributed by atoms with E-state index in [0.717, 1.165) is 37.6 Å². The number of hydrogen-bond donors (Lipinski definition) is 1. The van der Waals surface area contributed by atoms with Gasteiger partial charge in [-0.3, -0.25) is 0 Å². The Kier molecular flexibility index (Phi) is 5.93. The van der Waals surface area contributed by atoms with Crippen molar-refractivity contribution in [1.82, 2.24) is 10.2 Å². The quantitative estimate of drug-likeness (QED) is 0.736. The summed E-state index contributed by atoms with van der Waals surface area (Å²) in [6.45, 7) is 3.24. The first-order chi connectivity index (χ1) is 8.79. The predicted molar refractivity (Wildman–Crippen MR) is 75.9 cm³/mol. The number of nitrogens with one attached hydrogen (secondary N) is 1. The lowest BCUT2D eigenvalue weighted by Crippen LogP contribution is -2.52.